The molecule has 0 saturated carbocycles. The summed E-state index contributed by atoms with van der Waals surface area (Å²) < 4.78 is 10.6. The maximum atomic E-state index is 12.2. The molecular formula is C31H50O4S2. The van der Waals surface area contributed by atoms with Crippen molar-refractivity contribution >= 4 is 35.5 Å². The highest BCUT2D eigenvalue weighted by Gasteiger charge is 2.23. The minimum absolute atomic E-state index is 0.0354. The van der Waals surface area contributed by atoms with Crippen molar-refractivity contribution in [1.29, 1.82) is 0 Å². The van der Waals surface area contributed by atoms with Gasteiger partial charge in [-0.15, -0.1) is 6.58 Å². The first-order chi connectivity index (χ1) is 17.5. The maximum Gasteiger partial charge on any atom is 0.306 e. The summed E-state index contributed by atoms with van der Waals surface area (Å²) in [4.78, 5) is 24.1. The number of benzene rings is 1. The van der Waals surface area contributed by atoms with E-state index in [9.17, 15) is 9.59 Å². The van der Waals surface area contributed by atoms with E-state index < -0.39 is 0 Å². The van der Waals surface area contributed by atoms with Gasteiger partial charge >= 0.3 is 11.9 Å². The van der Waals surface area contributed by atoms with Gasteiger partial charge in [0.15, 0.2) is 0 Å². The Kier molecular flexibility index (Phi) is 20.3. The minimum atomic E-state index is -0.127. The average molecular weight is 551 g/mol. The molecule has 37 heavy (non-hydrogen) atoms. The third-order valence-corrected chi connectivity index (χ3v) is 7.80. The maximum absolute atomic E-state index is 12.2. The molecule has 0 unspecified atom stereocenters. The zero-order valence-corrected chi connectivity index (χ0v) is 25.7. The number of hydrogen-bond acceptors (Lipinski definition) is 6. The van der Waals surface area contributed by atoms with Crippen molar-refractivity contribution in [3.05, 3.63) is 60.7 Å². The van der Waals surface area contributed by atoms with E-state index in [0.29, 0.717) is 26.1 Å². The van der Waals surface area contributed by atoms with Crippen molar-refractivity contribution in [2.24, 2.45) is 10.8 Å². The highest BCUT2D eigenvalue weighted by Crippen LogP contribution is 2.29. The first-order valence-corrected chi connectivity index (χ1v) is 15.6. The molecule has 4 nitrogen and oxygen atoms in total. The highest BCUT2D eigenvalue weighted by atomic mass is 32.2. The number of hydrogen-bond donors (Lipinski definition) is 0. The van der Waals surface area contributed by atoms with E-state index in [4.69, 9.17) is 9.47 Å². The summed E-state index contributed by atoms with van der Waals surface area (Å²) in [6.07, 6.45) is 9.58. The molecule has 0 fully saturated rings. The molecule has 0 atom stereocenters. The Morgan fingerprint density at radius 1 is 0.865 bits per heavy atom. The lowest BCUT2D eigenvalue weighted by Gasteiger charge is -2.23. The van der Waals surface area contributed by atoms with Gasteiger partial charge in [0.25, 0.3) is 0 Å². The Morgan fingerprint density at radius 2 is 1.35 bits per heavy atom. The van der Waals surface area contributed by atoms with Crippen LogP contribution in [0.25, 0.3) is 0 Å². The molecule has 6 heteroatoms. The van der Waals surface area contributed by atoms with Gasteiger partial charge in [0.1, 0.15) is 13.2 Å². The van der Waals surface area contributed by atoms with E-state index in [-0.39, 0.29) is 22.8 Å². The van der Waals surface area contributed by atoms with Crippen molar-refractivity contribution in [3.8, 4) is 0 Å². The molecular weight excluding hydrogens is 500 g/mol. The van der Waals surface area contributed by atoms with E-state index in [1.807, 2.05) is 79.0 Å². The minimum Gasteiger partial charge on any atom is -0.461 e. The molecule has 0 spiro atoms. The van der Waals surface area contributed by atoms with Gasteiger partial charge in [-0.05, 0) is 54.1 Å². The van der Waals surface area contributed by atoms with Crippen molar-refractivity contribution in [2.45, 2.75) is 80.3 Å². The monoisotopic (exact) mass is 550 g/mol. The average Bonchev–Trinajstić information content (AvgIpc) is 2.84. The Bertz CT molecular complexity index is 773. The summed E-state index contributed by atoms with van der Waals surface area (Å²) in [6, 6.07) is 9.79. The largest absolute Gasteiger partial charge is 0.461 e. The van der Waals surface area contributed by atoms with Gasteiger partial charge in [-0.2, -0.15) is 23.5 Å². The van der Waals surface area contributed by atoms with E-state index in [2.05, 4.69) is 41.2 Å². The second kappa shape index (κ2) is 21.3. The Morgan fingerprint density at radius 3 is 1.81 bits per heavy atom. The normalized spacial score (nSPS) is 11.5. The molecule has 0 aromatic heterocycles. The molecule has 1 aromatic carbocycles. The van der Waals surface area contributed by atoms with Crippen LogP contribution in [0.2, 0.25) is 0 Å². The zero-order chi connectivity index (χ0) is 28.0. The van der Waals surface area contributed by atoms with Crippen molar-refractivity contribution in [3.63, 3.8) is 0 Å². The number of thioether (sulfide) groups is 2. The van der Waals surface area contributed by atoms with Crippen molar-refractivity contribution in [1.82, 2.24) is 0 Å². The van der Waals surface area contributed by atoms with Crippen LogP contribution in [-0.2, 0) is 25.7 Å². The van der Waals surface area contributed by atoms with Crippen LogP contribution >= 0.6 is 23.5 Å². The molecule has 0 N–H and O–H groups in total. The molecule has 0 bridgehead atoms. The van der Waals surface area contributed by atoms with E-state index >= 15 is 0 Å². The van der Waals surface area contributed by atoms with Crippen LogP contribution in [0.3, 0.4) is 0 Å². The zero-order valence-electron chi connectivity index (χ0n) is 24.1. The van der Waals surface area contributed by atoms with E-state index in [1.54, 1.807) is 0 Å². The smallest absolute Gasteiger partial charge is 0.306 e. The SMILES string of the molecule is C/C=C/COC(=O)CC(C)(C)CCSCCSCCC(C)(C)CC(=O)OCc1ccccc1.C=CCC. The molecule has 0 heterocycles. The van der Waals surface area contributed by atoms with Gasteiger partial charge in [0, 0.05) is 11.5 Å². The summed E-state index contributed by atoms with van der Waals surface area (Å²) in [6.45, 7) is 16.7. The van der Waals surface area contributed by atoms with E-state index in [1.165, 1.54) is 0 Å². The Labute approximate surface area is 235 Å². The fraction of sp³-hybridized carbons (Fsp3) is 0.613. The Hall–Kier alpha value is -1.66. The molecule has 210 valence electrons. The molecule has 0 amide bonds. The molecule has 0 aliphatic carbocycles. The standard InChI is InChI=1S/C27H42O4S2.C4H8/c1-6-7-15-30-24(28)20-26(2,3)13-16-32-18-19-33-17-14-27(4,5)21-25(29)31-22-23-11-9-8-10-12-23;1-3-4-2/h6-12H,13-22H2,1-5H3;3H,1,4H2,2H3/b7-6+;. The Balaban J connectivity index is 0.00000300. The van der Waals surface area contributed by atoms with Crippen LogP contribution in [0, 0.1) is 10.8 Å². The third kappa shape index (κ3) is 22.1. The third-order valence-electron chi connectivity index (χ3n) is 5.57. The first-order valence-electron chi connectivity index (χ1n) is 13.3. The van der Waals surface area contributed by atoms with Crippen LogP contribution < -0.4 is 0 Å². The molecule has 0 aliphatic rings. The van der Waals surface area contributed by atoms with Gasteiger partial charge in [0.05, 0.1) is 12.8 Å². The van der Waals surface area contributed by atoms with Crippen LogP contribution in [0.4, 0.5) is 0 Å². The lowest BCUT2D eigenvalue weighted by atomic mass is 9.86. The molecule has 0 aliphatic heterocycles. The van der Waals surface area contributed by atoms with Crippen molar-refractivity contribution < 1.29 is 19.1 Å². The van der Waals surface area contributed by atoms with E-state index in [0.717, 1.165) is 47.8 Å². The number of esters is 2. The second-order valence-electron chi connectivity index (χ2n) is 10.5. The van der Waals surface area contributed by atoms with Gasteiger partial charge in [-0.3, -0.25) is 9.59 Å². The number of carbonyl (C=O) groups excluding carboxylic acids is 2. The highest BCUT2D eigenvalue weighted by molar-refractivity contribution is 8.02. The molecule has 1 rings (SSSR count). The van der Waals surface area contributed by atoms with Crippen LogP contribution in [0.5, 0.6) is 0 Å². The first kappa shape index (κ1) is 35.3. The number of carbonyl (C=O) groups is 2. The quantitative estimate of drug-likeness (QED) is 0.104. The fourth-order valence-corrected chi connectivity index (χ4v) is 5.80. The molecule has 0 radical (unpaired) electrons. The lowest BCUT2D eigenvalue weighted by Crippen LogP contribution is -2.20. The predicted octanol–water partition coefficient (Wildman–Crippen LogP) is 8.51. The summed E-state index contributed by atoms with van der Waals surface area (Å²) in [7, 11) is 0. The van der Waals surface area contributed by atoms with Crippen LogP contribution in [-0.4, -0.2) is 41.6 Å². The van der Waals surface area contributed by atoms with Crippen LogP contribution in [0.1, 0.15) is 79.2 Å². The summed E-state index contributed by atoms with van der Waals surface area (Å²) >= 11 is 3.89. The number of allylic oxidation sites excluding steroid dienone is 2. The summed E-state index contributed by atoms with van der Waals surface area (Å²) in [5.74, 6) is 4.05. The lowest BCUT2D eigenvalue weighted by molar-refractivity contribution is -0.147. The number of rotatable bonds is 18. The molecule has 0 saturated heterocycles. The number of ether oxygens (including phenoxy) is 2. The second-order valence-corrected chi connectivity index (χ2v) is 13.0. The van der Waals surface area contributed by atoms with Gasteiger partial charge < -0.3 is 9.47 Å². The van der Waals surface area contributed by atoms with Gasteiger partial charge in [0.2, 0.25) is 0 Å². The predicted molar refractivity (Wildman–Crippen MR) is 163 cm³/mol. The van der Waals surface area contributed by atoms with Gasteiger partial charge in [-0.25, -0.2) is 0 Å². The molecule has 1 aromatic rings. The van der Waals surface area contributed by atoms with Crippen molar-refractivity contribution in [2.75, 3.05) is 29.6 Å². The topological polar surface area (TPSA) is 52.6 Å². The fourth-order valence-electron chi connectivity index (χ4n) is 3.05. The van der Waals surface area contributed by atoms with Crippen LogP contribution in [0.15, 0.2) is 55.1 Å². The van der Waals surface area contributed by atoms with Gasteiger partial charge in [-0.1, -0.05) is 83.2 Å². The summed E-state index contributed by atoms with van der Waals surface area (Å²) in [5, 5.41) is 0. The summed E-state index contributed by atoms with van der Waals surface area (Å²) in [5.41, 5.74) is 0.926.